The van der Waals surface area contributed by atoms with Crippen molar-refractivity contribution in [3.63, 3.8) is 0 Å². The maximum Gasteiger partial charge on any atom is 0.00813 e. The van der Waals surface area contributed by atoms with Crippen molar-refractivity contribution in [3.8, 4) is 0 Å². The Hall–Kier alpha value is 0.690. The molecule has 1 atom stereocenters. The van der Waals surface area contributed by atoms with Crippen LogP contribution in [0.25, 0.3) is 0 Å². The van der Waals surface area contributed by atoms with Gasteiger partial charge in [0.2, 0.25) is 0 Å². The van der Waals surface area contributed by atoms with E-state index in [9.17, 15) is 0 Å². The van der Waals surface area contributed by atoms with E-state index in [0.29, 0.717) is 0 Å². The zero-order valence-corrected chi connectivity index (χ0v) is 11.3. The van der Waals surface area contributed by atoms with Gasteiger partial charge in [0.15, 0.2) is 0 Å². The van der Waals surface area contributed by atoms with Crippen LogP contribution in [-0.4, -0.2) is 17.0 Å². The zero-order chi connectivity index (χ0) is 9.94. The molecule has 0 aliphatic rings. The van der Waals surface area contributed by atoms with Gasteiger partial charge in [0, 0.05) is 3.92 Å². The molecule has 13 heavy (non-hydrogen) atoms. The van der Waals surface area contributed by atoms with E-state index in [1.165, 1.54) is 51.6 Å². The molecular weight excluding hydrogens is 273 g/mol. The SMILES string of the molecule is CCCCCNCCCC[C@H](C)I. The van der Waals surface area contributed by atoms with Crippen LogP contribution in [0.1, 0.15) is 52.4 Å². The summed E-state index contributed by atoms with van der Waals surface area (Å²) in [7, 11) is 0. The van der Waals surface area contributed by atoms with Crippen molar-refractivity contribution in [1.82, 2.24) is 5.32 Å². The summed E-state index contributed by atoms with van der Waals surface area (Å²) < 4.78 is 0.845. The van der Waals surface area contributed by atoms with Crippen molar-refractivity contribution in [2.45, 2.75) is 56.3 Å². The zero-order valence-electron chi connectivity index (χ0n) is 9.11. The molecule has 0 radical (unpaired) electrons. The van der Waals surface area contributed by atoms with E-state index in [1.807, 2.05) is 0 Å². The van der Waals surface area contributed by atoms with E-state index < -0.39 is 0 Å². The minimum Gasteiger partial charge on any atom is -0.317 e. The van der Waals surface area contributed by atoms with Gasteiger partial charge in [-0.3, -0.25) is 0 Å². The van der Waals surface area contributed by atoms with Crippen molar-refractivity contribution >= 4 is 22.6 Å². The van der Waals surface area contributed by atoms with E-state index >= 15 is 0 Å². The quantitative estimate of drug-likeness (QED) is 0.388. The second-order valence-corrected chi connectivity index (χ2v) is 5.86. The highest BCUT2D eigenvalue weighted by Crippen LogP contribution is 2.08. The molecule has 1 N–H and O–H groups in total. The molecule has 1 nitrogen and oxygen atoms in total. The molecule has 0 spiro atoms. The van der Waals surface area contributed by atoms with Crippen LogP contribution in [0.3, 0.4) is 0 Å². The minimum atomic E-state index is 0.845. The van der Waals surface area contributed by atoms with E-state index in [0.717, 1.165) is 3.92 Å². The third kappa shape index (κ3) is 12.7. The van der Waals surface area contributed by atoms with Gasteiger partial charge in [-0.2, -0.15) is 0 Å². The highest BCUT2D eigenvalue weighted by Gasteiger charge is 1.94. The van der Waals surface area contributed by atoms with Gasteiger partial charge >= 0.3 is 0 Å². The molecule has 0 amide bonds. The van der Waals surface area contributed by atoms with E-state index in [-0.39, 0.29) is 0 Å². The van der Waals surface area contributed by atoms with Crippen LogP contribution < -0.4 is 5.32 Å². The number of hydrogen-bond acceptors (Lipinski definition) is 1. The summed E-state index contributed by atoms with van der Waals surface area (Å²) in [5.41, 5.74) is 0. The lowest BCUT2D eigenvalue weighted by atomic mass is 10.2. The third-order valence-electron chi connectivity index (χ3n) is 2.16. The second kappa shape index (κ2) is 10.8. The summed E-state index contributed by atoms with van der Waals surface area (Å²) in [6, 6.07) is 0. The fraction of sp³-hybridized carbons (Fsp3) is 1.00. The standard InChI is InChI=1S/C11H24IN/c1-3-4-6-9-13-10-7-5-8-11(2)12/h11,13H,3-10H2,1-2H3/t11-/m0/s1. The Balaban J connectivity index is 2.84. The number of rotatable bonds is 9. The average Bonchev–Trinajstić information content (AvgIpc) is 2.09. The fourth-order valence-corrected chi connectivity index (χ4v) is 1.74. The lowest BCUT2D eigenvalue weighted by Crippen LogP contribution is -2.16. The van der Waals surface area contributed by atoms with Crippen LogP contribution >= 0.6 is 22.6 Å². The minimum absolute atomic E-state index is 0.845. The number of hydrogen-bond donors (Lipinski definition) is 1. The average molecular weight is 297 g/mol. The maximum absolute atomic E-state index is 3.49. The number of nitrogens with one attached hydrogen (secondary N) is 1. The van der Waals surface area contributed by atoms with E-state index in [2.05, 4.69) is 41.8 Å². The molecule has 0 aromatic carbocycles. The topological polar surface area (TPSA) is 12.0 Å². The molecule has 0 saturated carbocycles. The van der Waals surface area contributed by atoms with Gasteiger partial charge in [-0.05, 0) is 32.4 Å². The summed E-state index contributed by atoms with van der Waals surface area (Å²) in [4.78, 5) is 0. The summed E-state index contributed by atoms with van der Waals surface area (Å²) in [5, 5.41) is 3.49. The van der Waals surface area contributed by atoms with Crippen LogP contribution in [-0.2, 0) is 0 Å². The van der Waals surface area contributed by atoms with Crippen molar-refractivity contribution in [3.05, 3.63) is 0 Å². The van der Waals surface area contributed by atoms with Crippen LogP contribution in [0.2, 0.25) is 0 Å². The predicted molar refractivity (Wildman–Crippen MR) is 69.7 cm³/mol. The summed E-state index contributed by atoms with van der Waals surface area (Å²) >= 11 is 2.50. The first-order valence-corrected chi connectivity index (χ1v) is 6.86. The van der Waals surface area contributed by atoms with Gasteiger partial charge in [0.1, 0.15) is 0 Å². The lowest BCUT2D eigenvalue weighted by Gasteiger charge is -2.05. The molecule has 0 aromatic rings. The Morgan fingerprint density at radius 1 is 1.08 bits per heavy atom. The van der Waals surface area contributed by atoms with Gasteiger partial charge in [0.05, 0.1) is 0 Å². The molecule has 80 valence electrons. The Morgan fingerprint density at radius 2 is 1.69 bits per heavy atom. The van der Waals surface area contributed by atoms with Crippen LogP contribution in [0, 0.1) is 0 Å². The monoisotopic (exact) mass is 297 g/mol. The van der Waals surface area contributed by atoms with Gasteiger partial charge in [-0.25, -0.2) is 0 Å². The largest absolute Gasteiger partial charge is 0.317 e. The highest BCUT2D eigenvalue weighted by atomic mass is 127. The van der Waals surface area contributed by atoms with Gasteiger partial charge in [-0.15, -0.1) is 0 Å². The first-order valence-electron chi connectivity index (χ1n) is 5.62. The summed E-state index contributed by atoms with van der Waals surface area (Å²) in [6.07, 6.45) is 8.15. The molecule has 0 saturated heterocycles. The molecule has 2 heteroatoms. The Labute approximate surface area is 97.2 Å². The van der Waals surface area contributed by atoms with Crippen molar-refractivity contribution in [2.24, 2.45) is 0 Å². The molecular formula is C11H24IN. The van der Waals surface area contributed by atoms with E-state index in [1.54, 1.807) is 0 Å². The van der Waals surface area contributed by atoms with Gasteiger partial charge < -0.3 is 5.32 Å². The normalized spacial score (nSPS) is 13.2. The second-order valence-electron chi connectivity index (χ2n) is 3.73. The fourth-order valence-electron chi connectivity index (χ4n) is 1.30. The van der Waals surface area contributed by atoms with Crippen LogP contribution in [0.4, 0.5) is 0 Å². The summed E-state index contributed by atoms with van der Waals surface area (Å²) in [6.45, 7) is 6.97. The van der Waals surface area contributed by atoms with Crippen molar-refractivity contribution in [2.75, 3.05) is 13.1 Å². The first-order chi connectivity index (χ1) is 6.27. The predicted octanol–water partition coefficient (Wildman–Crippen LogP) is 3.76. The van der Waals surface area contributed by atoms with Gasteiger partial charge in [-0.1, -0.05) is 55.7 Å². The van der Waals surface area contributed by atoms with Crippen LogP contribution in [0.5, 0.6) is 0 Å². The molecule has 0 unspecified atom stereocenters. The Kier molecular flexibility index (Phi) is 11.3. The van der Waals surface area contributed by atoms with Gasteiger partial charge in [0.25, 0.3) is 0 Å². The van der Waals surface area contributed by atoms with Crippen molar-refractivity contribution in [1.29, 1.82) is 0 Å². The Morgan fingerprint density at radius 3 is 2.23 bits per heavy atom. The number of alkyl halides is 1. The molecule has 0 aliphatic carbocycles. The maximum atomic E-state index is 3.49. The van der Waals surface area contributed by atoms with Crippen molar-refractivity contribution < 1.29 is 0 Å². The molecule has 0 bridgehead atoms. The molecule has 0 aromatic heterocycles. The van der Waals surface area contributed by atoms with E-state index in [4.69, 9.17) is 0 Å². The Bertz CT molecular complexity index is 94.1. The smallest absolute Gasteiger partial charge is 0.00813 e. The molecule has 0 rings (SSSR count). The molecule has 0 heterocycles. The third-order valence-corrected chi connectivity index (χ3v) is 2.79. The summed E-state index contributed by atoms with van der Waals surface area (Å²) in [5.74, 6) is 0. The highest BCUT2D eigenvalue weighted by molar-refractivity contribution is 14.1. The number of halogens is 1. The first kappa shape index (κ1) is 13.7. The number of unbranched alkanes of at least 4 members (excludes halogenated alkanes) is 3. The molecule has 0 aliphatic heterocycles. The molecule has 0 fully saturated rings. The van der Waals surface area contributed by atoms with Crippen LogP contribution in [0.15, 0.2) is 0 Å². The lowest BCUT2D eigenvalue weighted by molar-refractivity contribution is 0.577.